The van der Waals surface area contributed by atoms with Crippen LogP contribution in [0.25, 0.3) is 0 Å². The molecule has 0 aliphatic rings. The second-order valence-corrected chi connectivity index (χ2v) is 4.93. The van der Waals surface area contributed by atoms with Gasteiger partial charge in [0.25, 0.3) is 0 Å². The molecular weight excluding hydrogens is 260 g/mol. The molecule has 0 aromatic carbocycles. The first-order chi connectivity index (χ1) is 9.55. The second-order valence-electron chi connectivity index (χ2n) is 4.93. The highest BCUT2D eigenvalue weighted by molar-refractivity contribution is 5.34. The number of nitrogens with zero attached hydrogens (tertiary/aromatic N) is 3. The van der Waals surface area contributed by atoms with Crippen LogP contribution in [0.3, 0.4) is 0 Å². The van der Waals surface area contributed by atoms with Gasteiger partial charge in [0.1, 0.15) is 0 Å². The number of rotatable bonds is 9. The Balaban J connectivity index is 2.55. The van der Waals surface area contributed by atoms with Crippen molar-refractivity contribution in [2.75, 3.05) is 23.9 Å². The minimum atomic E-state index is -0.0266. The summed E-state index contributed by atoms with van der Waals surface area (Å²) in [5, 5.41) is 12.0. The molecule has 8 nitrogen and oxygen atoms in total. The highest BCUT2D eigenvalue weighted by Crippen LogP contribution is 2.12. The van der Waals surface area contributed by atoms with E-state index in [-0.39, 0.29) is 24.7 Å². The Hall–Kier alpha value is -1.67. The summed E-state index contributed by atoms with van der Waals surface area (Å²) in [4.78, 5) is 12.3. The van der Waals surface area contributed by atoms with E-state index < -0.39 is 0 Å². The molecule has 1 aromatic rings. The summed E-state index contributed by atoms with van der Waals surface area (Å²) in [6.07, 6.45) is 1.83. The van der Waals surface area contributed by atoms with Gasteiger partial charge in [0.15, 0.2) is 0 Å². The van der Waals surface area contributed by atoms with Crippen LogP contribution in [-0.2, 0) is 0 Å². The molecular formula is C12H24N6O2. The van der Waals surface area contributed by atoms with Crippen LogP contribution in [0.1, 0.15) is 33.6 Å². The highest BCUT2D eigenvalue weighted by atomic mass is 16.5. The Morgan fingerprint density at radius 2 is 1.90 bits per heavy atom. The number of aromatic nitrogens is 3. The number of anilines is 2. The zero-order valence-corrected chi connectivity index (χ0v) is 12.3. The molecule has 0 fully saturated rings. The lowest BCUT2D eigenvalue weighted by atomic mass is 10.1. The van der Waals surface area contributed by atoms with Crippen LogP contribution in [0.5, 0.6) is 6.01 Å². The zero-order chi connectivity index (χ0) is 15.0. The summed E-state index contributed by atoms with van der Waals surface area (Å²) in [6, 6.07) is 0.231. The van der Waals surface area contributed by atoms with E-state index in [4.69, 9.17) is 15.7 Å². The van der Waals surface area contributed by atoms with Gasteiger partial charge in [-0.05, 0) is 32.6 Å². The van der Waals surface area contributed by atoms with Gasteiger partial charge in [-0.3, -0.25) is 5.43 Å². The fourth-order valence-corrected chi connectivity index (χ4v) is 1.51. The number of hydrogen-bond acceptors (Lipinski definition) is 8. The predicted octanol–water partition coefficient (Wildman–Crippen LogP) is 0.765. The maximum absolute atomic E-state index is 8.95. The lowest BCUT2D eigenvalue weighted by Crippen LogP contribution is -2.17. The van der Waals surface area contributed by atoms with Gasteiger partial charge in [-0.1, -0.05) is 6.92 Å². The fourth-order valence-electron chi connectivity index (χ4n) is 1.51. The van der Waals surface area contributed by atoms with Crippen LogP contribution < -0.4 is 21.3 Å². The van der Waals surface area contributed by atoms with Gasteiger partial charge in [-0.25, -0.2) is 5.84 Å². The van der Waals surface area contributed by atoms with E-state index in [1.165, 1.54) is 0 Å². The first-order valence-electron chi connectivity index (χ1n) is 6.79. The lowest BCUT2D eigenvalue weighted by molar-refractivity contribution is 0.222. The quantitative estimate of drug-likeness (QED) is 0.298. The Morgan fingerprint density at radius 1 is 1.20 bits per heavy atom. The van der Waals surface area contributed by atoms with E-state index in [9.17, 15) is 0 Å². The summed E-state index contributed by atoms with van der Waals surface area (Å²) in [6.45, 7) is 6.71. The van der Waals surface area contributed by atoms with Gasteiger partial charge >= 0.3 is 6.01 Å². The SMILES string of the molecule is CC(CO)CCCNc1nc(NN)nc(OC(C)C)n1. The molecule has 20 heavy (non-hydrogen) atoms. The molecule has 0 saturated heterocycles. The number of nitrogens with one attached hydrogen (secondary N) is 2. The molecule has 0 amide bonds. The van der Waals surface area contributed by atoms with Crippen molar-refractivity contribution in [3.63, 3.8) is 0 Å². The van der Waals surface area contributed by atoms with Crippen LogP contribution in [0.4, 0.5) is 11.9 Å². The molecule has 1 heterocycles. The number of aliphatic hydroxyl groups is 1. The van der Waals surface area contributed by atoms with Gasteiger partial charge in [0.05, 0.1) is 6.10 Å². The maximum Gasteiger partial charge on any atom is 0.323 e. The third kappa shape index (κ3) is 5.98. The van der Waals surface area contributed by atoms with Gasteiger partial charge in [-0.2, -0.15) is 15.0 Å². The van der Waals surface area contributed by atoms with Crippen LogP contribution >= 0.6 is 0 Å². The number of ether oxygens (including phenoxy) is 1. The Kier molecular flexibility index (Phi) is 6.96. The largest absolute Gasteiger partial charge is 0.461 e. The molecule has 0 radical (unpaired) electrons. The van der Waals surface area contributed by atoms with E-state index in [2.05, 4.69) is 25.7 Å². The molecule has 0 saturated carbocycles. The van der Waals surface area contributed by atoms with E-state index >= 15 is 0 Å². The average molecular weight is 284 g/mol. The Labute approximate surface area is 119 Å². The van der Waals surface area contributed by atoms with E-state index in [0.717, 1.165) is 12.8 Å². The topological polar surface area (TPSA) is 118 Å². The molecule has 1 atom stereocenters. The summed E-state index contributed by atoms with van der Waals surface area (Å²) in [7, 11) is 0. The van der Waals surface area contributed by atoms with Gasteiger partial charge in [-0.15, -0.1) is 0 Å². The molecule has 0 aliphatic heterocycles. The summed E-state index contributed by atoms with van der Waals surface area (Å²) in [5.41, 5.74) is 2.38. The number of nitrogens with two attached hydrogens (primary N) is 1. The Morgan fingerprint density at radius 3 is 2.50 bits per heavy atom. The van der Waals surface area contributed by atoms with Crippen molar-refractivity contribution in [2.24, 2.45) is 11.8 Å². The van der Waals surface area contributed by atoms with Crippen molar-refractivity contribution in [2.45, 2.75) is 39.7 Å². The summed E-state index contributed by atoms with van der Waals surface area (Å²) < 4.78 is 5.43. The zero-order valence-electron chi connectivity index (χ0n) is 12.3. The number of aliphatic hydroxyl groups excluding tert-OH is 1. The minimum absolute atomic E-state index is 0.0266. The monoisotopic (exact) mass is 284 g/mol. The molecule has 5 N–H and O–H groups in total. The molecule has 1 aromatic heterocycles. The van der Waals surface area contributed by atoms with Crippen molar-refractivity contribution in [1.82, 2.24) is 15.0 Å². The van der Waals surface area contributed by atoms with Gasteiger partial charge in [0, 0.05) is 13.2 Å². The normalized spacial score (nSPS) is 12.3. The summed E-state index contributed by atoms with van der Waals surface area (Å²) >= 11 is 0. The number of nitrogen functional groups attached to an aromatic ring is 1. The molecule has 1 unspecified atom stereocenters. The predicted molar refractivity (Wildman–Crippen MR) is 77.4 cm³/mol. The number of hydrogen-bond donors (Lipinski definition) is 4. The Bertz CT molecular complexity index is 402. The van der Waals surface area contributed by atoms with Crippen molar-refractivity contribution < 1.29 is 9.84 Å². The van der Waals surface area contributed by atoms with Crippen molar-refractivity contribution >= 4 is 11.9 Å². The van der Waals surface area contributed by atoms with Crippen LogP contribution in [0.2, 0.25) is 0 Å². The lowest BCUT2D eigenvalue weighted by Gasteiger charge is -2.11. The third-order valence-corrected chi connectivity index (χ3v) is 2.55. The molecule has 114 valence electrons. The second kappa shape index (κ2) is 8.49. The van der Waals surface area contributed by atoms with Crippen LogP contribution in [0, 0.1) is 5.92 Å². The molecule has 0 spiro atoms. The van der Waals surface area contributed by atoms with E-state index in [0.29, 0.717) is 18.4 Å². The van der Waals surface area contributed by atoms with Gasteiger partial charge < -0.3 is 15.2 Å². The first-order valence-corrected chi connectivity index (χ1v) is 6.79. The standard InChI is InChI=1S/C12H24N6O2/c1-8(2)20-12-16-10(15-11(17-12)18-13)14-6-4-5-9(3)7-19/h8-9,19H,4-7,13H2,1-3H3,(H2,14,15,16,17,18). The summed E-state index contributed by atoms with van der Waals surface area (Å²) in [5.74, 6) is 6.29. The highest BCUT2D eigenvalue weighted by Gasteiger charge is 2.08. The maximum atomic E-state index is 8.95. The molecule has 0 aliphatic carbocycles. The molecule has 1 rings (SSSR count). The smallest absolute Gasteiger partial charge is 0.323 e. The van der Waals surface area contributed by atoms with E-state index in [1.54, 1.807) is 0 Å². The first kappa shape index (κ1) is 16.4. The van der Waals surface area contributed by atoms with Gasteiger partial charge in [0.2, 0.25) is 11.9 Å². The number of hydrazine groups is 1. The van der Waals surface area contributed by atoms with Crippen molar-refractivity contribution in [1.29, 1.82) is 0 Å². The average Bonchev–Trinajstić information content (AvgIpc) is 2.42. The fraction of sp³-hybridized carbons (Fsp3) is 0.750. The van der Waals surface area contributed by atoms with Crippen LogP contribution in [-0.4, -0.2) is 39.3 Å². The molecule has 8 heteroatoms. The van der Waals surface area contributed by atoms with Crippen LogP contribution in [0.15, 0.2) is 0 Å². The molecule has 0 bridgehead atoms. The van der Waals surface area contributed by atoms with Crippen molar-refractivity contribution in [3.05, 3.63) is 0 Å². The third-order valence-electron chi connectivity index (χ3n) is 2.55. The van der Waals surface area contributed by atoms with Crippen molar-refractivity contribution in [3.8, 4) is 6.01 Å². The minimum Gasteiger partial charge on any atom is -0.461 e. The van der Waals surface area contributed by atoms with E-state index in [1.807, 2.05) is 20.8 Å².